The highest BCUT2D eigenvalue weighted by Crippen LogP contribution is 2.13. The molecule has 1 fully saturated rings. The summed E-state index contributed by atoms with van der Waals surface area (Å²) in [7, 11) is 0. The zero-order chi connectivity index (χ0) is 14.4. The highest BCUT2D eigenvalue weighted by molar-refractivity contribution is 5.78. The molecule has 1 aliphatic heterocycles. The van der Waals surface area contributed by atoms with Crippen molar-refractivity contribution in [2.45, 2.75) is 26.3 Å². The van der Waals surface area contributed by atoms with Gasteiger partial charge in [-0.3, -0.25) is 9.69 Å². The third-order valence-electron chi connectivity index (χ3n) is 3.74. The van der Waals surface area contributed by atoms with E-state index >= 15 is 0 Å². The van der Waals surface area contributed by atoms with Crippen LogP contribution in [0.1, 0.15) is 31.0 Å². The van der Waals surface area contributed by atoms with E-state index in [-0.39, 0.29) is 11.9 Å². The van der Waals surface area contributed by atoms with Crippen LogP contribution in [0.25, 0.3) is 0 Å². The van der Waals surface area contributed by atoms with Crippen LogP contribution in [0, 0.1) is 0 Å². The molecule has 1 heterocycles. The molecule has 0 saturated carbocycles. The van der Waals surface area contributed by atoms with E-state index in [9.17, 15) is 4.79 Å². The first kappa shape index (κ1) is 15.0. The molecule has 4 nitrogen and oxygen atoms in total. The van der Waals surface area contributed by atoms with Gasteiger partial charge < -0.3 is 10.1 Å². The van der Waals surface area contributed by atoms with Crippen LogP contribution in [0.5, 0.6) is 0 Å². The quantitative estimate of drug-likeness (QED) is 0.891. The molecule has 4 heteroatoms. The second kappa shape index (κ2) is 7.41. The molecule has 1 atom stereocenters. The Kier molecular flexibility index (Phi) is 5.56. The monoisotopic (exact) mass is 276 g/mol. The molecule has 0 radical (unpaired) electrons. The van der Waals surface area contributed by atoms with Crippen LogP contribution in [0.3, 0.4) is 0 Å². The van der Waals surface area contributed by atoms with Crippen LogP contribution < -0.4 is 5.32 Å². The average Bonchev–Trinajstić information content (AvgIpc) is 2.48. The predicted octanol–water partition coefficient (Wildman–Crippen LogP) is 1.76. The lowest BCUT2D eigenvalue weighted by molar-refractivity contribution is -0.123. The lowest BCUT2D eigenvalue weighted by Gasteiger charge is -2.26. The van der Waals surface area contributed by atoms with Crippen LogP contribution in [-0.2, 0) is 16.0 Å². The van der Waals surface area contributed by atoms with Crippen LogP contribution in [0.4, 0.5) is 0 Å². The van der Waals surface area contributed by atoms with Crippen molar-refractivity contribution in [3.63, 3.8) is 0 Å². The molecular formula is C16H24N2O2. The van der Waals surface area contributed by atoms with Crippen molar-refractivity contribution >= 4 is 5.91 Å². The molecule has 20 heavy (non-hydrogen) atoms. The smallest absolute Gasteiger partial charge is 0.234 e. The highest BCUT2D eigenvalue weighted by Gasteiger charge is 2.16. The molecule has 0 aromatic heterocycles. The van der Waals surface area contributed by atoms with Crippen molar-refractivity contribution in [3.8, 4) is 0 Å². The molecule has 2 rings (SSSR count). The average molecular weight is 276 g/mol. The number of carbonyl (C=O) groups is 1. The zero-order valence-corrected chi connectivity index (χ0v) is 12.4. The van der Waals surface area contributed by atoms with E-state index in [1.54, 1.807) is 0 Å². The summed E-state index contributed by atoms with van der Waals surface area (Å²) in [6.45, 7) is 7.75. The number of nitrogens with zero attached hydrogens (tertiary/aromatic N) is 1. The molecule has 0 bridgehead atoms. The summed E-state index contributed by atoms with van der Waals surface area (Å²) in [6, 6.07) is 8.49. The van der Waals surface area contributed by atoms with E-state index in [1.165, 1.54) is 5.56 Å². The van der Waals surface area contributed by atoms with Crippen molar-refractivity contribution in [2.75, 3.05) is 32.8 Å². The number of benzene rings is 1. The number of aryl methyl sites for hydroxylation is 1. The maximum atomic E-state index is 12.0. The van der Waals surface area contributed by atoms with Gasteiger partial charge >= 0.3 is 0 Å². The Labute approximate surface area is 121 Å². The zero-order valence-electron chi connectivity index (χ0n) is 12.4. The minimum atomic E-state index is 0.0504. The summed E-state index contributed by atoms with van der Waals surface area (Å²) in [6.07, 6.45) is 1.04. The van der Waals surface area contributed by atoms with Gasteiger partial charge in [-0.05, 0) is 24.5 Å². The molecule has 1 saturated heterocycles. The van der Waals surface area contributed by atoms with Crippen LogP contribution in [0.2, 0.25) is 0 Å². The minimum absolute atomic E-state index is 0.0504. The van der Waals surface area contributed by atoms with Gasteiger partial charge in [-0.1, -0.05) is 31.2 Å². The van der Waals surface area contributed by atoms with E-state index in [0.717, 1.165) is 38.3 Å². The summed E-state index contributed by atoms with van der Waals surface area (Å²) >= 11 is 0. The first-order valence-corrected chi connectivity index (χ1v) is 7.37. The van der Waals surface area contributed by atoms with Crippen LogP contribution >= 0.6 is 0 Å². The molecule has 0 spiro atoms. The van der Waals surface area contributed by atoms with E-state index in [2.05, 4.69) is 41.4 Å². The Hall–Kier alpha value is -1.39. The summed E-state index contributed by atoms with van der Waals surface area (Å²) in [5, 5.41) is 3.06. The van der Waals surface area contributed by atoms with Crippen molar-refractivity contribution in [1.29, 1.82) is 0 Å². The second-order valence-electron chi connectivity index (χ2n) is 5.27. The fraction of sp³-hybridized carbons (Fsp3) is 0.562. The number of hydrogen-bond donors (Lipinski definition) is 1. The van der Waals surface area contributed by atoms with E-state index in [4.69, 9.17) is 4.74 Å². The molecule has 1 N–H and O–H groups in total. The van der Waals surface area contributed by atoms with Crippen LogP contribution in [0.15, 0.2) is 24.3 Å². The van der Waals surface area contributed by atoms with E-state index < -0.39 is 0 Å². The number of ether oxygens (including phenoxy) is 1. The Bertz CT molecular complexity index is 425. The Morgan fingerprint density at radius 1 is 1.30 bits per heavy atom. The lowest BCUT2D eigenvalue weighted by Crippen LogP contribution is -2.43. The summed E-state index contributed by atoms with van der Waals surface area (Å²) in [5.41, 5.74) is 2.47. The van der Waals surface area contributed by atoms with Gasteiger partial charge in [0.1, 0.15) is 0 Å². The maximum Gasteiger partial charge on any atom is 0.234 e. The first-order valence-electron chi connectivity index (χ1n) is 7.37. The molecule has 110 valence electrons. The van der Waals surface area contributed by atoms with Gasteiger partial charge in [0.15, 0.2) is 0 Å². The number of morpholine rings is 1. The third kappa shape index (κ3) is 4.32. The molecular weight excluding hydrogens is 252 g/mol. The van der Waals surface area contributed by atoms with Gasteiger partial charge in [-0.25, -0.2) is 0 Å². The fourth-order valence-electron chi connectivity index (χ4n) is 2.37. The SMILES string of the molecule is CCc1ccc([C@@H](C)NC(=O)CN2CCOCC2)cc1. The number of amides is 1. The molecule has 1 aliphatic rings. The Morgan fingerprint density at radius 3 is 2.55 bits per heavy atom. The van der Waals surface area contributed by atoms with Crippen molar-refractivity contribution in [1.82, 2.24) is 10.2 Å². The molecule has 1 aromatic carbocycles. The minimum Gasteiger partial charge on any atom is -0.379 e. The van der Waals surface area contributed by atoms with Gasteiger partial charge in [-0.15, -0.1) is 0 Å². The highest BCUT2D eigenvalue weighted by atomic mass is 16.5. The normalized spacial score (nSPS) is 17.7. The standard InChI is InChI=1S/C16H24N2O2/c1-3-14-4-6-15(7-5-14)13(2)17-16(19)12-18-8-10-20-11-9-18/h4-7,13H,3,8-12H2,1-2H3,(H,17,19)/t13-/m1/s1. The van der Waals surface area contributed by atoms with Crippen LogP contribution in [-0.4, -0.2) is 43.7 Å². The van der Waals surface area contributed by atoms with Crippen molar-refractivity contribution in [2.24, 2.45) is 0 Å². The fourth-order valence-corrected chi connectivity index (χ4v) is 2.37. The van der Waals surface area contributed by atoms with Crippen molar-refractivity contribution < 1.29 is 9.53 Å². The predicted molar refractivity (Wildman–Crippen MR) is 79.6 cm³/mol. The summed E-state index contributed by atoms with van der Waals surface area (Å²) in [5.74, 6) is 0.0824. The summed E-state index contributed by atoms with van der Waals surface area (Å²) < 4.78 is 5.28. The van der Waals surface area contributed by atoms with Gasteiger partial charge in [0, 0.05) is 13.1 Å². The van der Waals surface area contributed by atoms with Gasteiger partial charge in [0.25, 0.3) is 0 Å². The number of carbonyl (C=O) groups excluding carboxylic acids is 1. The third-order valence-corrected chi connectivity index (χ3v) is 3.74. The molecule has 0 unspecified atom stereocenters. The molecule has 1 amide bonds. The maximum absolute atomic E-state index is 12.0. The van der Waals surface area contributed by atoms with Gasteiger partial charge in [-0.2, -0.15) is 0 Å². The topological polar surface area (TPSA) is 41.6 Å². The second-order valence-corrected chi connectivity index (χ2v) is 5.27. The molecule has 1 aromatic rings. The van der Waals surface area contributed by atoms with E-state index in [1.807, 2.05) is 6.92 Å². The van der Waals surface area contributed by atoms with Gasteiger partial charge in [0.2, 0.25) is 5.91 Å². The largest absolute Gasteiger partial charge is 0.379 e. The Balaban J connectivity index is 1.82. The Morgan fingerprint density at radius 2 is 1.95 bits per heavy atom. The van der Waals surface area contributed by atoms with Gasteiger partial charge in [0.05, 0.1) is 25.8 Å². The van der Waals surface area contributed by atoms with Crippen molar-refractivity contribution in [3.05, 3.63) is 35.4 Å². The number of rotatable bonds is 5. The number of hydrogen-bond acceptors (Lipinski definition) is 3. The molecule has 0 aliphatic carbocycles. The number of nitrogens with one attached hydrogen (secondary N) is 1. The van der Waals surface area contributed by atoms with E-state index in [0.29, 0.717) is 6.54 Å². The lowest BCUT2D eigenvalue weighted by atomic mass is 10.1. The first-order chi connectivity index (χ1) is 9.69. The summed E-state index contributed by atoms with van der Waals surface area (Å²) in [4.78, 5) is 14.2.